The zero-order valence-corrected chi connectivity index (χ0v) is 14.2. The van der Waals surface area contributed by atoms with Crippen LogP contribution in [0.3, 0.4) is 0 Å². The second-order valence-corrected chi connectivity index (χ2v) is 6.59. The summed E-state index contributed by atoms with van der Waals surface area (Å²) in [5, 5.41) is 12.0. The van der Waals surface area contributed by atoms with Crippen molar-refractivity contribution in [1.29, 1.82) is 0 Å². The van der Waals surface area contributed by atoms with Crippen LogP contribution in [0.4, 0.5) is 10.5 Å². The number of fused-ring (bicyclic) bond motifs is 1. The second kappa shape index (κ2) is 6.37. The van der Waals surface area contributed by atoms with Crippen molar-refractivity contribution < 1.29 is 4.79 Å². The third-order valence-electron chi connectivity index (χ3n) is 3.63. The normalized spacial score (nSPS) is 10.9. The van der Waals surface area contributed by atoms with E-state index in [9.17, 15) is 4.79 Å². The lowest BCUT2D eigenvalue weighted by Crippen LogP contribution is -2.28. The van der Waals surface area contributed by atoms with E-state index in [2.05, 4.69) is 27.6 Å². The smallest absolute Gasteiger partial charge is 0.319 e. The van der Waals surface area contributed by atoms with Crippen LogP contribution in [0.2, 0.25) is 0 Å². The Kier molecular flexibility index (Phi) is 4.29. The van der Waals surface area contributed by atoms with Gasteiger partial charge in [-0.25, -0.2) is 9.78 Å². The summed E-state index contributed by atoms with van der Waals surface area (Å²) in [6, 6.07) is 5.51. The van der Waals surface area contributed by atoms with Crippen LogP contribution < -0.4 is 10.6 Å². The van der Waals surface area contributed by atoms with E-state index in [0.29, 0.717) is 6.54 Å². The minimum Gasteiger partial charge on any atom is -0.333 e. The minimum atomic E-state index is -0.221. The number of carbonyl (C=O) groups is 1. The molecule has 0 atom stereocenters. The Balaban J connectivity index is 1.64. The van der Waals surface area contributed by atoms with Crippen LogP contribution in [-0.2, 0) is 20.0 Å². The van der Waals surface area contributed by atoms with Gasteiger partial charge in [0.05, 0.1) is 29.0 Å². The fourth-order valence-electron chi connectivity index (χ4n) is 2.50. The highest BCUT2D eigenvalue weighted by Crippen LogP contribution is 2.19. The molecule has 7 heteroatoms. The molecule has 0 spiro atoms. The highest BCUT2D eigenvalue weighted by Gasteiger charge is 2.09. The lowest BCUT2D eigenvalue weighted by molar-refractivity contribution is 0.252. The van der Waals surface area contributed by atoms with Crippen molar-refractivity contribution in [2.45, 2.75) is 26.8 Å². The number of urea groups is 1. The number of nitrogens with zero attached hydrogens (tertiary/aromatic N) is 3. The molecule has 0 saturated carbocycles. The molecule has 23 heavy (non-hydrogen) atoms. The third-order valence-corrected chi connectivity index (χ3v) is 4.65. The van der Waals surface area contributed by atoms with Crippen LogP contribution in [0.5, 0.6) is 0 Å². The first-order valence-electron chi connectivity index (χ1n) is 7.48. The molecule has 3 rings (SSSR count). The summed E-state index contributed by atoms with van der Waals surface area (Å²) >= 11 is 1.63. The van der Waals surface area contributed by atoms with Gasteiger partial charge >= 0.3 is 6.03 Å². The van der Waals surface area contributed by atoms with Gasteiger partial charge in [0.2, 0.25) is 0 Å². The molecule has 2 heterocycles. The van der Waals surface area contributed by atoms with Gasteiger partial charge in [0.1, 0.15) is 0 Å². The van der Waals surface area contributed by atoms with E-state index in [1.807, 2.05) is 32.2 Å². The number of aromatic nitrogens is 3. The Hall–Kier alpha value is -2.41. The van der Waals surface area contributed by atoms with Crippen molar-refractivity contribution in [2.75, 3.05) is 5.32 Å². The third kappa shape index (κ3) is 3.34. The molecule has 0 fully saturated rings. The van der Waals surface area contributed by atoms with E-state index in [4.69, 9.17) is 0 Å². The molecule has 0 radical (unpaired) electrons. The number of amides is 2. The molecular weight excluding hydrogens is 310 g/mol. The molecule has 2 aromatic heterocycles. The van der Waals surface area contributed by atoms with Crippen molar-refractivity contribution in [3.05, 3.63) is 40.0 Å². The first-order valence-corrected chi connectivity index (χ1v) is 8.30. The zero-order valence-electron chi connectivity index (χ0n) is 13.4. The predicted molar refractivity (Wildman–Crippen MR) is 92.8 cm³/mol. The summed E-state index contributed by atoms with van der Waals surface area (Å²) in [5.74, 6) is 0. The zero-order chi connectivity index (χ0) is 16.4. The largest absolute Gasteiger partial charge is 0.333 e. The van der Waals surface area contributed by atoms with Gasteiger partial charge in [0.25, 0.3) is 0 Å². The maximum absolute atomic E-state index is 12.1. The summed E-state index contributed by atoms with van der Waals surface area (Å²) in [4.78, 5) is 17.7. The van der Waals surface area contributed by atoms with Crippen LogP contribution in [0.15, 0.2) is 24.4 Å². The van der Waals surface area contributed by atoms with E-state index in [-0.39, 0.29) is 6.03 Å². The fourth-order valence-corrected chi connectivity index (χ4v) is 3.47. The Morgan fingerprint density at radius 3 is 3.00 bits per heavy atom. The van der Waals surface area contributed by atoms with Gasteiger partial charge in [0.15, 0.2) is 0 Å². The van der Waals surface area contributed by atoms with Gasteiger partial charge < -0.3 is 10.6 Å². The van der Waals surface area contributed by atoms with Gasteiger partial charge in [-0.15, -0.1) is 11.3 Å². The van der Waals surface area contributed by atoms with E-state index in [0.717, 1.165) is 38.6 Å². The minimum absolute atomic E-state index is 0.221. The Morgan fingerprint density at radius 2 is 2.22 bits per heavy atom. The maximum Gasteiger partial charge on any atom is 0.319 e. The molecule has 1 aromatic carbocycles. The summed E-state index contributed by atoms with van der Waals surface area (Å²) in [6.07, 6.45) is 2.66. The van der Waals surface area contributed by atoms with Crippen LogP contribution in [-0.4, -0.2) is 20.8 Å². The number of thiazole rings is 1. The van der Waals surface area contributed by atoms with E-state index in [1.165, 1.54) is 0 Å². The molecule has 2 amide bonds. The second-order valence-electron chi connectivity index (χ2n) is 5.31. The standard InChI is InChI=1S/C16H19N5OS/c1-4-13-15(23-10(2)19-13)9-17-16(22)20-12-5-6-14-11(7-12)8-18-21(14)3/h5-8H,4,9H2,1-3H3,(H2,17,20,22). The number of rotatable bonds is 4. The van der Waals surface area contributed by atoms with Crippen LogP contribution in [0.25, 0.3) is 10.9 Å². The summed E-state index contributed by atoms with van der Waals surface area (Å²) in [6.45, 7) is 4.55. The summed E-state index contributed by atoms with van der Waals surface area (Å²) < 4.78 is 1.80. The molecule has 2 N–H and O–H groups in total. The van der Waals surface area contributed by atoms with Crippen LogP contribution >= 0.6 is 11.3 Å². The SMILES string of the molecule is CCc1nc(C)sc1CNC(=O)Nc1ccc2c(cnn2C)c1. The van der Waals surface area contributed by atoms with Crippen LogP contribution in [0.1, 0.15) is 22.5 Å². The molecule has 0 bridgehead atoms. The molecule has 0 unspecified atom stereocenters. The highest BCUT2D eigenvalue weighted by molar-refractivity contribution is 7.11. The quantitative estimate of drug-likeness (QED) is 0.772. The maximum atomic E-state index is 12.1. The van der Waals surface area contributed by atoms with Gasteiger partial charge in [-0.2, -0.15) is 5.10 Å². The number of hydrogen-bond donors (Lipinski definition) is 2. The van der Waals surface area contributed by atoms with Crippen molar-refractivity contribution in [3.8, 4) is 0 Å². The number of aryl methyl sites for hydroxylation is 3. The average molecular weight is 329 g/mol. The van der Waals surface area contributed by atoms with E-state index < -0.39 is 0 Å². The van der Waals surface area contributed by atoms with Crippen molar-refractivity contribution in [1.82, 2.24) is 20.1 Å². The van der Waals surface area contributed by atoms with Crippen molar-refractivity contribution >= 4 is 34.0 Å². The Morgan fingerprint density at radius 1 is 1.39 bits per heavy atom. The van der Waals surface area contributed by atoms with Gasteiger partial charge in [-0.3, -0.25) is 4.68 Å². The number of anilines is 1. The monoisotopic (exact) mass is 329 g/mol. The van der Waals surface area contributed by atoms with Crippen molar-refractivity contribution in [3.63, 3.8) is 0 Å². The average Bonchev–Trinajstić information content (AvgIpc) is 3.08. The first kappa shape index (κ1) is 15.5. The predicted octanol–water partition coefficient (Wildman–Crippen LogP) is 3.22. The molecule has 0 aliphatic heterocycles. The molecular formula is C16H19N5OS. The van der Waals surface area contributed by atoms with Crippen molar-refractivity contribution in [2.24, 2.45) is 7.05 Å². The molecule has 0 aliphatic rings. The van der Waals surface area contributed by atoms with Gasteiger partial charge in [0, 0.05) is 23.0 Å². The Bertz CT molecular complexity index is 851. The number of carbonyl (C=O) groups excluding carboxylic acids is 1. The van der Waals surface area contributed by atoms with Gasteiger partial charge in [-0.05, 0) is 31.5 Å². The highest BCUT2D eigenvalue weighted by atomic mass is 32.1. The summed E-state index contributed by atoms with van der Waals surface area (Å²) in [5.41, 5.74) is 2.84. The summed E-state index contributed by atoms with van der Waals surface area (Å²) in [7, 11) is 1.89. The molecule has 3 aromatic rings. The lowest BCUT2D eigenvalue weighted by atomic mass is 10.2. The Labute approximate surface area is 138 Å². The molecule has 0 saturated heterocycles. The number of nitrogens with one attached hydrogen (secondary N) is 2. The number of hydrogen-bond acceptors (Lipinski definition) is 4. The molecule has 120 valence electrons. The molecule has 6 nitrogen and oxygen atoms in total. The van der Waals surface area contributed by atoms with E-state index >= 15 is 0 Å². The van der Waals surface area contributed by atoms with E-state index in [1.54, 1.807) is 22.2 Å². The van der Waals surface area contributed by atoms with Crippen LogP contribution in [0, 0.1) is 6.92 Å². The first-order chi connectivity index (χ1) is 11.1. The topological polar surface area (TPSA) is 71.8 Å². The molecule has 0 aliphatic carbocycles. The lowest BCUT2D eigenvalue weighted by Gasteiger charge is -2.07. The number of benzene rings is 1. The fraction of sp³-hybridized carbons (Fsp3) is 0.312. The van der Waals surface area contributed by atoms with Gasteiger partial charge in [-0.1, -0.05) is 6.92 Å².